The standard InChI is InChI=1S/C26H22F3N3O3/c27-26(28,29)16-4-3-5-17(12-16)32-14-25-10-8-20(35-25)21(22(25)24(32)34)23(33)30-11-9-15-13-31-19-7-2-1-6-18(15)19/h1-8,10,12-13,20-22,31H,9,11,14H2,(H,30,33)/t20-,21+,22+,25-/m1/s1. The Kier molecular flexibility index (Phi) is 4.83. The summed E-state index contributed by atoms with van der Waals surface area (Å²) in [5.74, 6) is -2.19. The van der Waals surface area contributed by atoms with Crippen molar-refractivity contribution in [3.63, 3.8) is 0 Å². The maximum absolute atomic E-state index is 13.4. The highest BCUT2D eigenvalue weighted by Gasteiger charge is 2.67. The second-order valence-electron chi connectivity index (χ2n) is 9.27. The molecule has 0 saturated carbocycles. The zero-order valence-corrected chi connectivity index (χ0v) is 18.5. The van der Waals surface area contributed by atoms with E-state index in [1.165, 1.54) is 17.0 Å². The molecule has 3 aromatic rings. The minimum absolute atomic E-state index is 0.0733. The summed E-state index contributed by atoms with van der Waals surface area (Å²) in [6, 6.07) is 12.6. The summed E-state index contributed by atoms with van der Waals surface area (Å²) >= 11 is 0. The largest absolute Gasteiger partial charge is 0.416 e. The fourth-order valence-electron chi connectivity index (χ4n) is 5.64. The number of alkyl halides is 3. The lowest BCUT2D eigenvalue weighted by Gasteiger charge is -2.23. The van der Waals surface area contributed by atoms with Crippen molar-refractivity contribution in [1.29, 1.82) is 0 Å². The van der Waals surface area contributed by atoms with Gasteiger partial charge in [0.15, 0.2) is 0 Å². The zero-order chi connectivity index (χ0) is 24.4. The van der Waals surface area contributed by atoms with Crippen molar-refractivity contribution < 1.29 is 27.5 Å². The van der Waals surface area contributed by atoms with E-state index in [2.05, 4.69) is 10.3 Å². The van der Waals surface area contributed by atoms with Gasteiger partial charge >= 0.3 is 6.18 Å². The molecule has 6 nitrogen and oxygen atoms in total. The molecular weight excluding hydrogens is 459 g/mol. The molecule has 3 aliphatic heterocycles. The van der Waals surface area contributed by atoms with E-state index in [1.54, 1.807) is 12.2 Å². The minimum Gasteiger partial charge on any atom is -0.361 e. The van der Waals surface area contributed by atoms with Gasteiger partial charge in [-0.2, -0.15) is 13.2 Å². The number of rotatable bonds is 5. The number of ether oxygens (including phenoxy) is 1. The van der Waals surface area contributed by atoms with Crippen LogP contribution in [0.2, 0.25) is 0 Å². The molecule has 0 radical (unpaired) electrons. The quantitative estimate of drug-likeness (QED) is 0.544. The minimum atomic E-state index is -4.52. The molecular formula is C26H22F3N3O3. The topological polar surface area (TPSA) is 74.4 Å². The number of aromatic amines is 1. The molecule has 2 aromatic carbocycles. The lowest BCUT2D eigenvalue weighted by molar-refractivity contribution is -0.137. The number of para-hydroxylation sites is 1. The highest BCUT2D eigenvalue weighted by Crippen LogP contribution is 2.52. The Bertz CT molecular complexity index is 1360. The van der Waals surface area contributed by atoms with Crippen molar-refractivity contribution in [2.75, 3.05) is 18.0 Å². The fourth-order valence-corrected chi connectivity index (χ4v) is 5.64. The highest BCUT2D eigenvalue weighted by molar-refractivity contribution is 6.03. The van der Waals surface area contributed by atoms with Gasteiger partial charge < -0.3 is 19.9 Å². The molecule has 2 N–H and O–H groups in total. The maximum atomic E-state index is 13.4. The van der Waals surface area contributed by atoms with Gasteiger partial charge in [0.1, 0.15) is 5.60 Å². The molecule has 0 aliphatic carbocycles. The average molecular weight is 481 g/mol. The van der Waals surface area contributed by atoms with Crippen LogP contribution in [-0.4, -0.2) is 41.6 Å². The summed E-state index contributed by atoms with van der Waals surface area (Å²) < 4.78 is 45.7. The second kappa shape index (κ2) is 7.71. The number of nitrogens with one attached hydrogen (secondary N) is 2. The van der Waals surface area contributed by atoms with Crippen molar-refractivity contribution in [3.05, 3.63) is 78.0 Å². The average Bonchev–Trinajstić information content (AvgIpc) is 3.59. The van der Waals surface area contributed by atoms with Crippen LogP contribution in [0.1, 0.15) is 11.1 Å². The summed E-state index contributed by atoms with van der Waals surface area (Å²) in [6.07, 6.45) is 1.05. The molecule has 1 aromatic heterocycles. The Labute approximate surface area is 198 Å². The van der Waals surface area contributed by atoms with Crippen LogP contribution in [0.4, 0.5) is 18.9 Å². The Balaban J connectivity index is 1.19. The molecule has 0 unspecified atom stereocenters. The Morgan fingerprint density at radius 1 is 1.20 bits per heavy atom. The number of fused-ring (bicyclic) bond motifs is 2. The van der Waals surface area contributed by atoms with Gasteiger partial charge in [-0.1, -0.05) is 36.4 Å². The summed E-state index contributed by atoms with van der Waals surface area (Å²) in [4.78, 5) is 31.1. The highest BCUT2D eigenvalue weighted by atomic mass is 19.4. The van der Waals surface area contributed by atoms with Gasteiger partial charge in [-0.3, -0.25) is 9.59 Å². The van der Waals surface area contributed by atoms with E-state index in [1.807, 2.05) is 30.5 Å². The monoisotopic (exact) mass is 481 g/mol. The summed E-state index contributed by atoms with van der Waals surface area (Å²) in [7, 11) is 0. The van der Waals surface area contributed by atoms with Gasteiger partial charge in [0.05, 0.1) is 30.0 Å². The molecule has 4 heterocycles. The molecule has 9 heteroatoms. The molecule has 180 valence electrons. The van der Waals surface area contributed by atoms with E-state index in [0.717, 1.165) is 28.6 Å². The van der Waals surface area contributed by atoms with Crippen LogP contribution in [0, 0.1) is 11.8 Å². The lowest BCUT2D eigenvalue weighted by atomic mass is 9.77. The van der Waals surface area contributed by atoms with Gasteiger partial charge in [-0.25, -0.2) is 0 Å². The van der Waals surface area contributed by atoms with Crippen LogP contribution in [0.3, 0.4) is 0 Å². The molecule has 4 atom stereocenters. The number of benzene rings is 2. The number of nitrogens with zero attached hydrogens (tertiary/aromatic N) is 1. The van der Waals surface area contributed by atoms with Gasteiger partial charge in [0, 0.05) is 29.3 Å². The summed E-state index contributed by atoms with van der Waals surface area (Å²) in [6.45, 7) is 0.461. The summed E-state index contributed by atoms with van der Waals surface area (Å²) in [5.41, 5.74) is 0.412. The van der Waals surface area contributed by atoms with Gasteiger partial charge in [0.2, 0.25) is 11.8 Å². The third kappa shape index (κ3) is 3.44. The van der Waals surface area contributed by atoms with Gasteiger partial charge in [-0.15, -0.1) is 0 Å². The van der Waals surface area contributed by atoms with E-state index >= 15 is 0 Å². The number of H-pyrrole nitrogens is 1. The summed E-state index contributed by atoms with van der Waals surface area (Å²) in [5, 5.41) is 4.03. The SMILES string of the molecule is O=C(NCCc1c[nH]c2ccccc12)[C@@H]1[C@H]2C(=O)N(c3cccc(C(F)(F)F)c3)C[C@]23C=C[C@H]1O3. The first-order valence-electron chi connectivity index (χ1n) is 11.5. The predicted octanol–water partition coefficient (Wildman–Crippen LogP) is 3.83. The first-order chi connectivity index (χ1) is 16.8. The van der Waals surface area contributed by atoms with Crippen molar-refractivity contribution >= 4 is 28.4 Å². The van der Waals surface area contributed by atoms with E-state index < -0.39 is 41.2 Å². The maximum Gasteiger partial charge on any atom is 0.416 e. The smallest absolute Gasteiger partial charge is 0.361 e. The van der Waals surface area contributed by atoms with Crippen LogP contribution in [0.25, 0.3) is 10.9 Å². The number of carbonyl (C=O) groups is 2. The molecule has 2 amide bonds. The van der Waals surface area contributed by atoms with E-state index in [9.17, 15) is 22.8 Å². The zero-order valence-electron chi connectivity index (χ0n) is 18.5. The first-order valence-corrected chi connectivity index (χ1v) is 11.5. The van der Waals surface area contributed by atoms with Crippen molar-refractivity contribution in [2.24, 2.45) is 11.8 Å². The molecule has 1 spiro atoms. The second-order valence-corrected chi connectivity index (χ2v) is 9.27. The number of amides is 2. The number of halogens is 3. The first kappa shape index (κ1) is 21.9. The number of anilines is 1. The lowest BCUT2D eigenvalue weighted by Crippen LogP contribution is -2.44. The van der Waals surface area contributed by atoms with E-state index in [-0.39, 0.29) is 18.1 Å². The van der Waals surface area contributed by atoms with Crippen LogP contribution in [-0.2, 0) is 26.9 Å². The van der Waals surface area contributed by atoms with Crippen LogP contribution in [0.5, 0.6) is 0 Å². The normalized spacial score (nSPS) is 27.1. The third-order valence-corrected chi connectivity index (χ3v) is 7.26. The van der Waals surface area contributed by atoms with Crippen LogP contribution >= 0.6 is 0 Å². The van der Waals surface area contributed by atoms with E-state index in [0.29, 0.717) is 13.0 Å². The Morgan fingerprint density at radius 2 is 2.03 bits per heavy atom. The molecule has 6 rings (SSSR count). The van der Waals surface area contributed by atoms with Crippen LogP contribution in [0.15, 0.2) is 66.9 Å². The molecule has 3 aliphatic rings. The molecule has 35 heavy (non-hydrogen) atoms. The molecule has 2 fully saturated rings. The number of carbonyl (C=O) groups excluding carboxylic acids is 2. The van der Waals surface area contributed by atoms with E-state index in [4.69, 9.17) is 4.74 Å². The molecule has 2 bridgehead atoms. The molecule has 2 saturated heterocycles. The third-order valence-electron chi connectivity index (χ3n) is 7.26. The van der Waals surface area contributed by atoms with Crippen molar-refractivity contribution in [2.45, 2.75) is 24.3 Å². The predicted molar refractivity (Wildman–Crippen MR) is 123 cm³/mol. The number of aromatic nitrogens is 1. The fraction of sp³-hybridized carbons (Fsp3) is 0.308. The van der Waals surface area contributed by atoms with Crippen molar-refractivity contribution in [1.82, 2.24) is 10.3 Å². The van der Waals surface area contributed by atoms with Crippen LogP contribution < -0.4 is 10.2 Å². The van der Waals surface area contributed by atoms with Crippen molar-refractivity contribution in [3.8, 4) is 0 Å². The Hall–Kier alpha value is -3.59. The van der Waals surface area contributed by atoms with Gasteiger partial charge in [-0.05, 0) is 36.2 Å². The Morgan fingerprint density at radius 3 is 2.86 bits per heavy atom. The van der Waals surface area contributed by atoms with Gasteiger partial charge in [0.25, 0.3) is 0 Å². The number of hydrogen-bond acceptors (Lipinski definition) is 3. The number of hydrogen-bond donors (Lipinski definition) is 2.